The molecule has 7 nitrogen and oxygen atoms in total. The van der Waals surface area contributed by atoms with Gasteiger partial charge >= 0.3 is 0 Å². The molecule has 2 heterocycles. The lowest BCUT2D eigenvalue weighted by atomic mass is 9.94. The fourth-order valence-electron chi connectivity index (χ4n) is 4.31. The maximum absolute atomic E-state index is 13.3. The van der Waals surface area contributed by atoms with E-state index in [1.165, 1.54) is 18.1 Å². The highest BCUT2D eigenvalue weighted by molar-refractivity contribution is 6.52. The minimum Gasteiger partial charge on any atom is -0.507 e. The Balaban J connectivity index is 1.76. The summed E-state index contributed by atoms with van der Waals surface area (Å²) in [6.07, 6.45) is 1.60. The van der Waals surface area contributed by atoms with Crippen molar-refractivity contribution in [2.75, 3.05) is 12.0 Å². The summed E-state index contributed by atoms with van der Waals surface area (Å²) in [5, 5.41) is 22.9. The molecule has 8 heteroatoms. The molecule has 0 aliphatic carbocycles. The maximum atomic E-state index is 13.3. The lowest BCUT2D eigenvalue weighted by Crippen LogP contribution is -2.29. The molecule has 0 bridgehead atoms. The third-order valence-electron chi connectivity index (χ3n) is 5.91. The first-order valence-corrected chi connectivity index (χ1v) is 10.8. The van der Waals surface area contributed by atoms with Gasteiger partial charge in [0.15, 0.2) is 11.5 Å². The highest BCUT2D eigenvalue weighted by atomic mass is 35.5. The van der Waals surface area contributed by atoms with E-state index in [4.69, 9.17) is 16.3 Å². The molecule has 1 saturated heterocycles. The summed E-state index contributed by atoms with van der Waals surface area (Å²) in [5.74, 6) is -1.87. The van der Waals surface area contributed by atoms with Crippen LogP contribution in [0.15, 0.2) is 78.5 Å². The molecule has 0 radical (unpaired) electrons. The zero-order chi connectivity index (χ0) is 24.0. The molecule has 1 atom stereocenters. The molecule has 1 aromatic heterocycles. The van der Waals surface area contributed by atoms with Gasteiger partial charge in [-0.3, -0.25) is 14.5 Å². The zero-order valence-corrected chi connectivity index (χ0v) is 18.7. The first kappa shape index (κ1) is 21.6. The number of phenolic OH excluding ortho intramolecular Hbond substituents is 1. The Labute approximate surface area is 199 Å². The molecule has 5 rings (SSSR count). The van der Waals surface area contributed by atoms with Gasteiger partial charge in [-0.05, 0) is 48.0 Å². The van der Waals surface area contributed by atoms with Gasteiger partial charge in [-0.1, -0.05) is 35.9 Å². The average Bonchev–Trinajstić information content (AvgIpc) is 3.38. The van der Waals surface area contributed by atoms with Crippen LogP contribution >= 0.6 is 11.6 Å². The van der Waals surface area contributed by atoms with Gasteiger partial charge in [-0.2, -0.15) is 0 Å². The van der Waals surface area contributed by atoms with Crippen molar-refractivity contribution in [1.29, 1.82) is 0 Å². The van der Waals surface area contributed by atoms with Crippen LogP contribution in [0.25, 0.3) is 16.7 Å². The normalized spacial score (nSPS) is 17.5. The number of fused-ring (bicyclic) bond motifs is 1. The number of aromatic nitrogens is 1. The Morgan fingerprint density at radius 2 is 1.79 bits per heavy atom. The Hall–Kier alpha value is -4.23. The number of nitrogens with zero attached hydrogens (tertiary/aromatic N) is 1. The number of rotatable bonds is 4. The predicted molar refractivity (Wildman–Crippen MR) is 129 cm³/mol. The van der Waals surface area contributed by atoms with E-state index in [9.17, 15) is 19.8 Å². The Morgan fingerprint density at radius 3 is 2.50 bits per heavy atom. The number of aliphatic hydroxyl groups excluding tert-OH is 1. The summed E-state index contributed by atoms with van der Waals surface area (Å²) in [5.41, 5.74) is 1.93. The summed E-state index contributed by atoms with van der Waals surface area (Å²) >= 11 is 6.02. The first-order chi connectivity index (χ1) is 16.4. The number of methoxy groups -OCH3 is 1. The van der Waals surface area contributed by atoms with Crippen LogP contribution in [-0.2, 0) is 9.59 Å². The number of hydrogen-bond acceptors (Lipinski definition) is 5. The molecule has 3 aromatic carbocycles. The van der Waals surface area contributed by atoms with Crippen molar-refractivity contribution in [1.82, 2.24) is 4.98 Å². The molecule has 1 fully saturated rings. The van der Waals surface area contributed by atoms with Crippen molar-refractivity contribution in [2.24, 2.45) is 0 Å². The second-order valence-electron chi connectivity index (χ2n) is 7.82. The minimum absolute atomic E-state index is 0.0886. The van der Waals surface area contributed by atoms with Gasteiger partial charge in [0.05, 0.1) is 18.7 Å². The SMILES string of the molecule is COc1ccc(C2/C(=C(/O)c3c[nH]c4ccccc34)C(=O)C(=O)N2c2ccc(Cl)cc2)cc1O. The van der Waals surface area contributed by atoms with Crippen LogP contribution in [0.3, 0.4) is 0 Å². The van der Waals surface area contributed by atoms with E-state index in [0.717, 1.165) is 5.52 Å². The van der Waals surface area contributed by atoms with Gasteiger partial charge in [0.1, 0.15) is 5.76 Å². The number of carbonyl (C=O) groups excluding carboxylic acids is 2. The molecule has 1 amide bonds. The van der Waals surface area contributed by atoms with Crippen LogP contribution in [0, 0.1) is 0 Å². The van der Waals surface area contributed by atoms with E-state index in [1.807, 2.05) is 24.3 Å². The van der Waals surface area contributed by atoms with Crippen LogP contribution in [0.4, 0.5) is 5.69 Å². The van der Waals surface area contributed by atoms with E-state index in [-0.39, 0.29) is 22.8 Å². The third kappa shape index (κ3) is 3.38. The number of benzene rings is 3. The Bertz CT molecular complexity index is 1470. The molecule has 0 spiro atoms. The number of amides is 1. The number of phenols is 1. The summed E-state index contributed by atoms with van der Waals surface area (Å²) in [6, 6.07) is 17.4. The number of hydrogen-bond donors (Lipinski definition) is 3. The number of para-hydroxylation sites is 1. The highest BCUT2D eigenvalue weighted by Gasteiger charge is 2.47. The number of anilines is 1. The number of ketones is 1. The number of nitrogens with one attached hydrogen (secondary N) is 1. The summed E-state index contributed by atoms with van der Waals surface area (Å²) < 4.78 is 5.13. The highest BCUT2D eigenvalue weighted by Crippen LogP contribution is 2.44. The van der Waals surface area contributed by atoms with Crippen LogP contribution in [-0.4, -0.2) is 34.0 Å². The van der Waals surface area contributed by atoms with Crippen molar-refractivity contribution in [3.8, 4) is 11.5 Å². The van der Waals surface area contributed by atoms with E-state index in [0.29, 0.717) is 27.2 Å². The number of carbonyl (C=O) groups is 2. The smallest absolute Gasteiger partial charge is 0.300 e. The van der Waals surface area contributed by atoms with Gasteiger partial charge in [-0.25, -0.2) is 0 Å². The average molecular weight is 475 g/mol. The molecule has 0 saturated carbocycles. The first-order valence-electron chi connectivity index (χ1n) is 10.4. The minimum atomic E-state index is -0.994. The summed E-state index contributed by atoms with van der Waals surface area (Å²) in [7, 11) is 1.42. The standard InChI is InChI=1S/C26H19ClN2O5/c1-34-21-11-6-14(12-20(21)30)23-22(24(31)18-13-28-19-5-3-2-4-17(18)19)25(32)26(33)29(23)16-9-7-15(27)8-10-16/h2-13,23,28,30-31H,1H3/b24-22-. The quantitative estimate of drug-likeness (QED) is 0.215. The zero-order valence-electron chi connectivity index (χ0n) is 17.9. The van der Waals surface area contributed by atoms with Crippen LogP contribution in [0.5, 0.6) is 11.5 Å². The fraction of sp³-hybridized carbons (Fsp3) is 0.0769. The van der Waals surface area contributed by atoms with Gasteiger partial charge < -0.3 is 19.9 Å². The number of H-pyrrole nitrogens is 1. The van der Waals surface area contributed by atoms with E-state index >= 15 is 0 Å². The summed E-state index contributed by atoms with van der Waals surface area (Å²) in [6.45, 7) is 0. The van der Waals surface area contributed by atoms with Crippen LogP contribution in [0.1, 0.15) is 17.2 Å². The third-order valence-corrected chi connectivity index (χ3v) is 6.16. The number of aromatic hydroxyl groups is 1. The lowest BCUT2D eigenvalue weighted by molar-refractivity contribution is -0.132. The molecule has 1 aliphatic heterocycles. The van der Waals surface area contributed by atoms with E-state index in [2.05, 4.69) is 4.98 Å². The van der Waals surface area contributed by atoms with Gasteiger partial charge in [-0.15, -0.1) is 0 Å². The van der Waals surface area contributed by atoms with Gasteiger partial charge in [0.2, 0.25) is 0 Å². The van der Waals surface area contributed by atoms with Crippen molar-refractivity contribution >= 4 is 45.6 Å². The Kier molecular flexibility index (Phi) is 5.26. The Morgan fingerprint density at radius 1 is 1.06 bits per heavy atom. The maximum Gasteiger partial charge on any atom is 0.300 e. The number of halogens is 1. The van der Waals surface area contributed by atoms with Crippen LogP contribution < -0.4 is 9.64 Å². The van der Waals surface area contributed by atoms with Crippen molar-refractivity contribution in [3.05, 3.63) is 94.6 Å². The molecule has 3 N–H and O–H groups in total. The number of aromatic amines is 1. The van der Waals surface area contributed by atoms with Gasteiger partial charge in [0.25, 0.3) is 11.7 Å². The van der Waals surface area contributed by atoms with E-state index < -0.39 is 17.7 Å². The van der Waals surface area contributed by atoms with Crippen molar-refractivity contribution < 1.29 is 24.5 Å². The largest absolute Gasteiger partial charge is 0.507 e. The topological polar surface area (TPSA) is 103 Å². The summed E-state index contributed by atoms with van der Waals surface area (Å²) in [4.78, 5) is 30.9. The molecule has 170 valence electrons. The van der Waals surface area contributed by atoms with Crippen molar-refractivity contribution in [3.63, 3.8) is 0 Å². The molecule has 1 aliphatic rings. The molecular weight excluding hydrogens is 456 g/mol. The number of aliphatic hydroxyl groups is 1. The van der Waals surface area contributed by atoms with Gasteiger partial charge in [0, 0.05) is 33.4 Å². The molecule has 4 aromatic rings. The molecule has 34 heavy (non-hydrogen) atoms. The second kappa shape index (κ2) is 8.28. The number of ether oxygens (including phenoxy) is 1. The lowest BCUT2D eigenvalue weighted by Gasteiger charge is -2.25. The fourth-order valence-corrected chi connectivity index (χ4v) is 4.43. The number of Topliss-reactive ketones (excluding diaryl/α,β-unsaturated/α-hetero) is 1. The van der Waals surface area contributed by atoms with E-state index in [1.54, 1.807) is 42.6 Å². The van der Waals surface area contributed by atoms with Crippen LogP contribution in [0.2, 0.25) is 5.02 Å². The monoisotopic (exact) mass is 474 g/mol. The molecule has 1 unspecified atom stereocenters. The second-order valence-corrected chi connectivity index (χ2v) is 8.26. The molecular formula is C26H19ClN2O5. The van der Waals surface area contributed by atoms with Crippen molar-refractivity contribution in [2.45, 2.75) is 6.04 Å². The predicted octanol–water partition coefficient (Wildman–Crippen LogP) is 5.16.